The Bertz CT molecular complexity index is 1050. The first-order chi connectivity index (χ1) is 13.8. The number of hydrogen-bond donors (Lipinski definition) is 0. The van der Waals surface area contributed by atoms with Gasteiger partial charge in [-0.05, 0) is 17.7 Å². The maximum Gasteiger partial charge on any atom is 0.215 e. The topological polar surface area (TPSA) is 34.1 Å². The molecule has 3 aromatic rings. The summed E-state index contributed by atoms with van der Waals surface area (Å²) in [4.78, 5) is 0. The SMILES string of the molecule is COc1cccc2c1OC(c1ccccc1Cl)N1N=C(c3ccccc3)CC21. The molecule has 2 heterocycles. The minimum Gasteiger partial charge on any atom is -0.493 e. The van der Waals surface area contributed by atoms with Crippen molar-refractivity contribution in [3.05, 3.63) is 94.5 Å². The van der Waals surface area contributed by atoms with Crippen LogP contribution < -0.4 is 9.47 Å². The molecule has 0 saturated carbocycles. The minimum atomic E-state index is -0.413. The van der Waals surface area contributed by atoms with Crippen molar-refractivity contribution in [2.45, 2.75) is 18.7 Å². The third-order valence-corrected chi connectivity index (χ3v) is 5.62. The van der Waals surface area contributed by atoms with Crippen molar-refractivity contribution in [1.29, 1.82) is 0 Å². The quantitative estimate of drug-likeness (QED) is 0.584. The van der Waals surface area contributed by atoms with E-state index in [0.717, 1.165) is 40.3 Å². The van der Waals surface area contributed by atoms with Gasteiger partial charge in [0, 0.05) is 22.6 Å². The van der Waals surface area contributed by atoms with Crippen molar-refractivity contribution in [2.75, 3.05) is 7.11 Å². The van der Waals surface area contributed by atoms with Crippen LogP contribution in [0.15, 0.2) is 77.9 Å². The number of methoxy groups -OCH3 is 1. The summed E-state index contributed by atoms with van der Waals surface area (Å²) < 4.78 is 12.0. The van der Waals surface area contributed by atoms with Gasteiger partial charge in [-0.2, -0.15) is 5.10 Å². The molecule has 0 N–H and O–H groups in total. The first-order valence-corrected chi connectivity index (χ1v) is 9.63. The molecule has 140 valence electrons. The molecule has 4 nitrogen and oxygen atoms in total. The lowest BCUT2D eigenvalue weighted by Crippen LogP contribution is -2.34. The number of hydrogen-bond acceptors (Lipinski definition) is 4. The molecule has 0 radical (unpaired) electrons. The van der Waals surface area contributed by atoms with E-state index >= 15 is 0 Å². The van der Waals surface area contributed by atoms with Gasteiger partial charge in [-0.1, -0.05) is 72.3 Å². The lowest BCUT2D eigenvalue weighted by Gasteiger charge is -2.38. The summed E-state index contributed by atoms with van der Waals surface area (Å²) in [5, 5.41) is 7.65. The van der Waals surface area contributed by atoms with Crippen LogP contribution in [-0.4, -0.2) is 17.8 Å². The summed E-state index contributed by atoms with van der Waals surface area (Å²) in [6.07, 6.45) is 0.387. The summed E-state index contributed by atoms with van der Waals surface area (Å²) >= 11 is 6.52. The highest BCUT2D eigenvalue weighted by molar-refractivity contribution is 6.31. The Kier molecular flexibility index (Phi) is 4.21. The van der Waals surface area contributed by atoms with Crippen molar-refractivity contribution in [2.24, 2.45) is 5.10 Å². The van der Waals surface area contributed by atoms with Crippen molar-refractivity contribution in [3.8, 4) is 11.5 Å². The average Bonchev–Trinajstić information content (AvgIpc) is 3.20. The third-order valence-electron chi connectivity index (χ3n) is 5.28. The molecule has 5 heteroatoms. The Morgan fingerprint density at radius 2 is 1.71 bits per heavy atom. The summed E-state index contributed by atoms with van der Waals surface area (Å²) in [6, 6.07) is 24.1. The second-order valence-corrected chi connectivity index (χ2v) is 7.29. The van der Waals surface area contributed by atoms with Gasteiger partial charge in [0.15, 0.2) is 11.5 Å². The van der Waals surface area contributed by atoms with Crippen LogP contribution >= 0.6 is 11.6 Å². The molecule has 2 aliphatic heterocycles. The summed E-state index contributed by atoms with van der Waals surface area (Å²) in [5.41, 5.74) is 4.14. The number of hydrazone groups is 1. The van der Waals surface area contributed by atoms with Gasteiger partial charge in [-0.15, -0.1) is 0 Å². The second kappa shape index (κ2) is 6.88. The van der Waals surface area contributed by atoms with E-state index in [1.165, 1.54) is 0 Å². The van der Waals surface area contributed by atoms with Gasteiger partial charge in [0.2, 0.25) is 6.23 Å². The molecule has 0 bridgehead atoms. The largest absolute Gasteiger partial charge is 0.493 e. The van der Waals surface area contributed by atoms with Crippen LogP contribution in [0.25, 0.3) is 0 Å². The number of para-hydroxylation sites is 1. The van der Waals surface area contributed by atoms with Crippen molar-refractivity contribution in [3.63, 3.8) is 0 Å². The molecule has 0 amide bonds. The van der Waals surface area contributed by atoms with Gasteiger partial charge in [0.05, 0.1) is 18.9 Å². The summed E-state index contributed by atoms with van der Waals surface area (Å²) in [7, 11) is 1.66. The molecule has 28 heavy (non-hydrogen) atoms. The highest BCUT2D eigenvalue weighted by Gasteiger charge is 2.42. The number of ether oxygens (including phenoxy) is 2. The molecule has 2 aliphatic rings. The Hall–Kier alpha value is -2.98. The molecule has 0 spiro atoms. The van der Waals surface area contributed by atoms with Crippen LogP contribution in [0.2, 0.25) is 5.02 Å². The van der Waals surface area contributed by atoms with E-state index < -0.39 is 6.23 Å². The van der Waals surface area contributed by atoms with Gasteiger partial charge in [0.1, 0.15) is 0 Å². The first-order valence-electron chi connectivity index (χ1n) is 9.25. The number of nitrogens with zero attached hydrogens (tertiary/aromatic N) is 2. The maximum absolute atomic E-state index is 6.52. The number of halogens is 1. The monoisotopic (exact) mass is 390 g/mol. The van der Waals surface area contributed by atoms with E-state index in [1.807, 2.05) is 59.6 Å². The van der Waals surface area contributed by atoms with Crippen molar-refractivity contribution in [1.82, 2.24) is 5.01 Å². The highest BCUT2D eigenvalue weighted by Crippen LogP contribution is 2.51. The molecule has 3 aromatic carbocycles. The molecule has 5 rings (SSSR count). The highest BCUT2D eigenvalue weighted by atomic mass is 35.5. The minimum absolute atomic E-state index is 0.0651. The fraction of sp³-hybridized carbons (Fsp3) is 0.174. The van der Waals surface area contributed by atoms with Gasteiger partial charge in [0.25, 0.3) is 0 Å². The zero-order valence-electron chi connectivity index (χ0n) is 15.4. The van der Waals surface area contributed by atoms with Crippen molar-refractivity contribution >= 4 is 17.3 Å². The van der Waals surface area contributed by atoms with E-state index in [0.29, 0.717) is 5.02 Å². The summed E-state index contributed by atoms with van der Waals surface area (Å²) in [5.74, 6) is 1.49. The van der Waals surface area contributed by atoms with Crippen molar-refractivity contribution < 1.29 is 9.47 Å². The predicted octanol–water partition coefficient (Wildman–Crippen LogP) is 5.59. The fourth-order valence-electron chi connectivity index (χ4n) is 3.93. The zero-order valence-corrected chi connectivity index (χ0v) is 16.1. The standard InChI is InChI=1S/C23H19ClN2O2/c1-27-21-13-7-11-17-20-14-19(15-8-3-2-4-9-15)25-26(20)23(28-22(17)21)16-10-5-6-12-18(16)24/h2-13,20,23H,14H2,1H3. The van der Waals surface area contributed by atoms with Gasteiger partial charge in [-0.3, -0.25) is 0 Å². The molecule has 2 atom stereocenters. The van der Waals surface area contributed by atoms with E-state index in [9.17, 15) is 0 Å². The molecule has 0 fully saturated rings. The Balaban J connectivity index is 1.65. The Morgan fingerprint density at radius 3 is 2.50 bits per heavy atom. The summed E-state index contributed by atoms with van der Waals surface area (Å²) in [6.45, 7) is 0. The molecular formula is C23H19ClN2O2. The van der Waals surface area contributed by atoms with Gasteiger partial charge < -0.3 is 9.47 Å². The zero-order chi connectivity index (χ0) is 19.1. The van der Waals surface area contributed by atoms with E-state index in [2.05, 4.69) is 18.2 Å². The van der Waals surface area contributed by atoms with Crippen LogP contribution in [0.1, 0.15) is 35.4 Å². The predicted molar refractivity (Wildman–Crippen MR) is 110 cm³/mol. The number of benzene rings is 3. The normalized spacial score (nSPS) is 20.1. The van der Waals surface area contributed by atoms with Gasteiger partial charge >= 0.3 is 0 Å². The molecule has 2 unspecified atom stereocenters. The maximum atomic E-state index is 6.52. The van der Waals surface area contributed by atoms with E-state index in [-0.39, 0.29) is 6.04 Å². The fourth-order valence-corrected chi connectivity index (χ4v) is 4.16. The smallest absolute Gasteiger partial charge is 0.215 e. The van der Waals surface area contributed by atoms with Crippen LogP contribution in [0, 0.1) is 0 Å². The Morgan fingerprint density at radius 1 is 0.964 bits per heavy atom. The second-order valence-electron chi connectivity index (χ2n) is 6.88. The van der Waals surface area contributed by atoms with E-state index in [4.69, 9.17) is 26.2 Å². The first kappa shape index (κ1) is 17.1. The third kappa shape index (κ3) is 2.72. The van der Waals surface area contributed by atoms with E-state index in [1.54, 1.807) is 7.11 Å². The molecule has 0 saturated heterocycles. The number of rotatable bonds is 3. The van der Waals surface area contributed by atoms with Crippen LogP contribution in [0.3, 0.4) is 0 Å². The molecule has 0 aliphatic carbocycles. The van der Waals surface area contributed by atoms with Crippen LogP contribution in [-0.2, 0) is 0 Å². The lowest BCUT2D eigenvalue weighted by molar-refractivity contribution is -0.0208. The van der Waals surface area contributed by atoms with Crippen LogP contribution in [0.5, 0.6) is 11.5 Å². The molecular weight excluding hydrogens is 372 g/mol. The Labute approximate surface area is 169 Å². The lowest BCUT2D eigenvalue weighted by atomic mass is 9.95. The molecule has 0 aromatic heterocycles. The van der Waals surface area contributed by atoms with Gasteiger partial charge in [-0.25, -0.2) is 5.01 Å². The number of fused-ring (bicyclic) bond motifs is 3. The average molecular weight is 391 g/mol. The van der Waals surface area contributed by atoms with Crippen LogP contribution in [0.4, 0.5) is 0 Å².